The predicted molar refractivity (Wildman–Crippen MR) is 185 cm³/mol. The van der Waals surface area contributed by atoms with Gasteiger partial charge in [0, 0.05) is 43.0 Å². The largest absolute Gasteiger partial charge is 0.494 e. The Balaban J connectivity index is 1.65. The quantitative estimate of drug-likeness (QED) is 0.132. The van der Waals surface area contributed by atoms with Crippen molar-refractivity contribution in [1.29, 1.82) is 0 Å². The number of nitrogens with two attached hydrogens (primary N) is 1. The van der Waals surface area contributed by atoms with Gasteiger partial charge in [0.15, 0.2) is 5.82 Å². The van der Waals surface area contributed by atoms with Gasteiger partial charge in [-0.05, 0) is 51.4 Å². The number of hydrogen-bond donors (Lipinski definition) is 4. The monoisotopic (exact) mass is 664 g/mol. The van der Waals surface area contributed by atoms with E-state index in [1.807, 2.05) is 37.9 Å². The number of hydrogen-bond acceptors (Lipinski definition) is 10. The van der Waals surface area contributed by atoms with E-state index in [-0.39, 0.29) is 32.9 Å². The van der Waals surface area contributed by atoms with Crippen LogP contribution in [0.25, 0.3) is 5.57 Å². The lowest BCUT2D eigenvalue weighted by Crippen LogP contribution is -2.29. The second kappa shape index (κ2) is 14.5. The zero-order valence-electron chi connectivity index (χ0n) is 26.3. The molecule has 0 saturated heterocycles. The Labute approximate surface area is 274 Å². The van der Waals surface area contributed by atoms with Crippen LogP contribution in [0, 0.1) is 6.92 Å². The van der Waals surface area contributed by atoms with Crippen molar-refractivity contribution in [2.24, 2.45) is 5.73 Å². The van der Waals surface area contributed by atoms with Crippen molar-refractivity contribution in [3.8, 4) is 5.75 Å². The molecule has 5 N–H and O–H groups in total. The molecule has 46 heavy (non-hydrogen) atoms. The molecule has 0 saturated carbocycles. The summed E-state index contributed by atoms with van der Waals surface area (Å²) in [6.07, 6.45) is 1.40. The van der Waals surface area contributed by atoms with E-state index in [0.29, 0.717) is 34.9 Å². The summed E-state index contributed by atoms with van der Waals surface area (Å²) in [5.41, 5.74) is 9.06. The molecule has 3 aromatic carbocycles. The number of aryl methyl sites for hydroxylation is 1. The number of ether oxygens (including phenoxy) is 1. The van der Waals surface area contributed by atoms with Gasteiger partial charge in [-0.25, -0.2) is 13.4 Å². The lowest BCUT2D eigenvalue weighted by Gasteiger charge is -2.26. The first kappa shape index (κ1) is 34.0. The molecule has 0 aliphatic heterocycles. The Morgan fingerprint density at radius 3 is 2.30 bits per heavy atom. The van der Waals surface area contributed by atoms with E-state index in [4.69, 9.17) is 22.1 Å². The van der Waals surface area contributed by atoms with Crippen LogP contribution in [0.4, 0.5) is 34.5 Å². The first-order chi connectivity index (χ1) is 21.8. The summed E-state index contributed by atoms with van der Waals surface area (Å²) >= 11 is 6.46. The summed E-state index contributed by atoms with van der Waals surface area (Å²) in [4.78, 5) is 25.2. The SMILES string of the molecule is C=C(C(N)=O)c1cc(Nc2ncc(Cl)c(Nc3ccccc3NS(=O)(=O)c3ccc(C)cc3)n2)c(OC)cc1N(C)CCN(C)C. The van der Waals surface area contributed by atoms with E-state index in [1.165, 1.54) is 13.3 Å². The summed E-state index contributed by atoms with van der Waals surface area (Å²) in [6, 6.07) is 16.8. The third kappa shape index (κ3) is 8.24. The lowest BCUT2D eigenvalue weighted by molar-refractivity contribution is -0.112. The van der Waals surface area contributed by atoms with Crippen LogP contribution in [0.1, 0.15) is 11.1 Å². The highest BCUT2D eigenvalue weighted by Crippen LogP contribution is 2.38. The molecule has 1 aromatic heterocycles. The van der Waals surface area contributed by atoms with Gasteiger partial charge < -0.3 is 30.9 Å². The van der Waals surface area contributed by atoms with Crippen molar-refractivity contribution in [3.63, 3.8) is 0 Å². The molecule has 1 heterocycles. The summed E-state index contributed by atoms with van der Waals surface area (Å²) in [5.74, 6) is 0.148. The van der Waals surface area contributed by atoms with E-state index in [0.717, 1.165) is 12.1 Å². The predicted octanol–water partition coefficient (Wildman–Crippen LogP) is 5.23. The number of nitrogens with zero attached hydrogens (tertiary/aromatic N) is 4. The number of nitrogens with one attached hydrogen (secondary N) is 3. The molecule has 12 nitrogen and oxygen atoms in total. The fourth-order valence-corrected chi connectivity index (χ4v) is 5.58. The molecule has 242 valence electrons. The number of para-hydroxylation sites is 2. The molecule has 0 fully saturated rings. The number of aromatic nitrogens is 2. The van der Waals surface area contributed by atoms with Gasteiger partial charge >= 0.3 is 0 Å². The molecule has 0 atom stereocenters. The summed E-state index contributed by atoms with van der Waals surface area (Å²) in [6.45, 7) is 7.23. The third-order valence-corrected chi connectivity index (χ3v) is 8.64. The van der Waals surface area contributed by atoms with Gasteiger partial charge in [-0.1, -0.05) is 48.0 Å². The minimum atomic E-state index is -3.87. The molecule has 0 aliphatic carbocycles. The highest BCUT2D eigenvalue weighted by Gasteiger charge is 2.20. The Bertz CT molecular complexity index is 1850. The molecule has 4 rings (SSSR count). The normalized spacial score (nSPS) is 11.2. The third-order valence-electron chi connectivity index (χ3n) is 6.98. The fourth-order valence-electron chi connectivity index (χ4n) is 4.36. The molecule has 14 heteroatoms. The van der Waals surface area contributed by atoms with Crippen molar-refractivity contribution in [2.45, 2.75) is 11.8 Å². The van der Waals surface area contributed by atoms with E-state index >= 15 is 0 Å². The molecule has 0 radical (unpaired) electrons. The van der Waals surface area contributed by atoms with E-state index < -0.39 is 15.9 Å². The number of anilines is 6. The first-order valence-corrected chi connectivity index (χ1v) is 16.0. The minimum absolute atomic E-state index is 0.126. The average Bonchev–Trinajstić information content (AvgIpc) is 3.01. The van der Waals surface area contributed by atoms with Gasteiger partial charge in [0.25, 0.3) is 10.0 Å². The number of rotatable bonds is 14. The van der Waals surface area contributed by atoms with Gasteiger partial charge in [-0.15, -0.1) is 0 Å². The van der Waals surface area contributed by atoms with Crippen LogP contribution in [0.15, 0.2) is 78.3 Å². The van der Waals surface area contributed by atoms with E-state index in [2.05, 4.69) is 31.9 Å². The smallest absolute Gasteiger partial charge is 0.261 e. The molecule has 0 spiro atoms. The molecular weight excluding hydrogens is 628 g/mol. The lowest BCUT2D eigenvalue weighted by atomic mass is 10.0. The number of amides is 1. The van der Waals surface area contributed by atoms with Crippen LogP contribution in [-0.4, -0.2) is 70.5 Å². The number of carbonyl (C=O) groups excluding carboxylic acids is 1. The summed E-state index contributed by atoms with van der Waals surface area (Å²) in [5, 5.41) is 6.42. The highest BCUT2D eigenvalue weighted by atomic mass is 35.5. The minimum Gasteiger partial charge on any atom is -0.494 e. The number of halogens is 1. The second-order valence-corrected chi connectivity index (χ2v) is 12.8. The van der Waals surface area contributed by atoms with Gasteiger partial charge in [-0.2, -0.15) is 4.98 Å². The molecule has 0 aliphatic rings. The van der Waals surface area contributed by atoms with E-state index in [9.17, 15) is 13.2 Å². The van der Waals surface area contributed by atoms with Crippen LogP contribution in [0.2, 0.25) is 5.02 Å². The standard InChI is InChI=1S/C32H37ClN8O4S/c1-20-11-13-22(14-12-20)46(43,44)39-26-10-8-7-9-25(26)36-31-24(33)19-35-32(38-31)37-27-17-23(21(2)30(34)42)28(18-29(27)45-6)41(5)16-15-40(3)4/h7-14,17-19,39H,2,15-16H2,1,3-6H3,(H2,34,42)(H2,35,36,37,38). The van der Waals surface area contributed by atoms with Crippen molar-refractivity contribution < 1.29 is 17.9 Å². The zero-order valence-corrected chi connectivity index (χ0v) is 27.8. The van der Waals surface area contributed by atoms with Crippen LogP contribution < -0.4 is 30.7 Å². The van der Waals surface area contributed by atoms with E-state index in [1.54, 1.807) is 60.7 Å². The molecule has 0 bridgehead atoms. The Kier molecular flexibility index (Phi) is 10.7. The van der Waals surface area contributed by atoms with Crippen molar-refractivity contribution in [1.82, 2.24) is 14.9 Å². The van der Waals surface area contributed by atoms with Gasteiger partial charge in [0.05, 0.1) is 35.3 Å². The molecule has 0 unspecified atom stereocenters. The topological polar surface area (TPSA) is 155 Å². The number of sulfonamides is 1. The summed E-state index contributed by atoms with van der Waals surface area (Å²) in [7, 11) is 3.50. The maximum Gasteiger partial charge on any atom is 0.261 e. The van der Waals surface area contributed by atoms with Crippen LogP contribution in [-0.2, 0) is 14.8 Å². The van der Waals surface area contributed by atoms with Crippen molar-refractivity contribution in [3.05, 3.63) is 89.6 Å². The van der Waals surface area contributed by atoms with Crippen molar-refractivity contribution >= 4 is 67.6 Å². The van der Waals surface area contributed by atoms with Crippen LogP contribution in [0.5, 0.6) is 5.75 Å². The van der Waals surface area contributed by atoms with Crippen LogP contribution >= 0.6 is 11.6 Å². The number of methoxy groups -OCH3 is 1. The van der Waals surface area contributed by atoms with Crippen molar-refractivity contribution in [2.75, 3.05) is 61.6 Å². The number of likely N-dealkylation sites (N-methyl/N-ethyl adjacent to an activating group) is 2. The first-order valence-electron chi connectivity index (χ1n) is 14.1. The number of carbonyl (C=O) groups is 1. The summed E-state index contributed by atoms with van der Waals surface area (Å²) < 4.78 is 34.5. The Morgan fingerprint density at radius 2 is 1.67 bits per heavy atom. The van der Waals surface area contributed by atoms with Gasteiger partial charge in [0.2, 0.25) is 11.9 Å². The van der Waals surface area contributed by atoms with Gasteiger partial charge in [0.1, 0.15) is 10.8 Å². The Morgan fingerprint density at radius 1 is 1.00 bits per heavy atom. The fraction of sp³-hybridized carbons (Fsp3) is 0.219. The molecule has 4 aromatic rings. The maximum atomic E-state index is 13.1. The maximum absolute atomic E-state index is 13.1. The molecule has 1 amide bonds. The second-order valence-electron chi connectivity index (χ2n) is 10.7. The molecular formula is C32H37ClN8O4S. The zero-order chi connectivity index (χ0) is 33.6. The number of primary amides is 1. The Hall–Kier alpha value is -4.85. The van der Waals surface area contributed by atoms with Gasteiger partial charge in [-0.3, -0.25) is 9.52 Å². The number of benzene rings is 3. The highest BCUT2D eigenvalue weighted by molar-refractivity contribution is 7.92. The average molecular weight is 665 g/mol. The van der Waals surface area contributed by atoms with Crippen LogP contribution in [0.3, 0.4) is 0 Å².